The molecule has 0 radical (unpaired) electrons. The normalized spacial score (nSPS) is 11.6. The van der Waals surface area contributed by atoms with Crippen molar-refractivity contribution in [3.63, 3.8) is 0 Å². The highest BCUT2D eigenvalue weighted by atomic mass is 16.5. The molecule has 0 rings (SSSR count). The van der Waals surface area contributed by atoms with E-state index < -0.39 is 0 Å². The van der Waals surface area contributed by atoms with Gasteiger partial charge >= 0.3 is 0 Å². The number of unbranched alkanes of at least 4 members (excludes halogenated alkanes) is 35. The summed E-state index contributed by atoms with van der Waals surface area (Å²) < 4.78 is 11.8. The van der Waals surface area contributed by atoms with Gasteiger partial charge in [0.05, 0.1) is 0 Å². The largest absolute Gasteiger partial charge is 0.381 e. The van der Waals surface area contributed by atoms with E-state index in [9.17, 15) is 0 Å². The van der Waals surface area contributed by atoms with Gasteiger partial charge < -0.3 is 9.47 Å². The summed E-state index contributed by atoms with van der Waals surface area (Å²) in [6.45, 7) is 8.47. The van der Waals surface area contributed by atoms with Crippen LogP contribution in [0.3, 0.4) is 0 Å². The Morgan fingerprint density at radius 3 is 0.457 bits per heavy atom. The first-order valence-electron chi connectivity index (χ1n) is 22.1. The standard InChI is InChI=1S/C44H90O2/c1-3-5-7-9-11-13-15-17-19-21-23-25-27-29-31-33-37-41-45-43-39-35-36-40-44-46-42-38-34-32-30-28-26-24-22-20-18-16-14-12-10-8-6-4-2/h3-44H2,1-2H3. The second-order valence-corrected chi connectivity index (χ2v) is 15.0. The molecule has 0 saturated carbocycles. The minimum Gasteiger partial charge on any atom is -0.381 e. The maximum atomic E-state index is 5.88. The third-order valence-corrected chi connectivity index (χ3v) is 10.1. The van der Waals surface area contributed by atoms with E-state index >= 15 is 0 Å². The maximum absolute atomic E-state index is 5.88. The van der Waals surface area contributed by atoms with Gasteiger partial charge in [0.15, 0.2) is 0 Å². The lowest BCUT2D eigenvalue weighted by Gasteiger charge is -2.06. The van der Waals surface area contributed by atoms with Crippen molar-refractivity contribution in [3.8, 4) is 0 Å². The smallest absolute Gasteiger partial charge is 0.0466 e. The van der Waals surface area contributed by atoms with E-state index in [4.69, 9.17) is 9.47 Å². The minimum absolute atomic E-state index is 0.957. The average Bonchev–Trinajstić information content (AvgIpc) is 3.07. The summed E-state index contributed by atoms with van der Waals surface area (Å²) in [5.74, 6) is 0. The first-order valence-corrected chi connectivity index (χ1v) is 22.1. The quantitative estimate of drug-likeness (QED) is 0.0611. The number of ether oxygens (including phenoxy) is 2. The third-order valence-electron chi connectivity index (χ3n) is 10.1. The van der Waals surface area contributed by atoms with E-state index in [0.717, 1.165) is 26.4 Å². The second-order valence-electron chi connectivity index (χ2n) is 15.0. The van der Waals surface area contributed by atoms with Crippen molar-refractivity contribution in [2.75, 3.05) is 26.4 Å². The first-order chi connectivity index (χ1) is 22.9. The van der Waals surface area contributed by atoms with Crippen LogP contribution in [-0.2, 0) is 9.47 Å². The minimum atomic E-state index is 0.957. The molecular formula is C44H90O2. The van der Waals surface area contributed by atoms with Crippen molar-refractivity contribution in [3.05, 3.63) is 0 Å². The van der Waals surface area contributed by atoms with Gasteiger partial charge in [-0.25, -0.2) is 0 Å². The zero-order chi connectivity index (χ0) is 33.1. The summed E-state index contributed by atoms with van der Waals surface area (Å²) in [5.41, 5.74) is 0. The van der Waals surface area contributed by atoms with Crippen LogP contribution in [0.2, 0.25) is 0 Å². The van der Waals surface area contributed by atoms with Crippen LogP contribution in [0.25, 0.3) is 0 Å². The zero-order valence-electron chi connectivity index (χ0n) is 32.5. The summed E-state index contributed by atoms with van der Waals surface area (Å²) in [6.07, 6.45) is 53.8. The van der Waals surface area contributed by atoms with Gasteiger partial charge in [0.2, 0.25) is 0 Å². The molecule has 2 nitrogen and oxygen atoms in total. The van der Waals surface area contributed by atoms with Crippen LogP contribution in [0.4, 0.5) is 0 Å². The van der Waals surface area contributed by atoms with Gasteiger partial charge in [-0.15, -0.1) is 0 Å². The van der Waals surface area contributed by atoms with Crippen LogP contribution in [0, 0.1) is 0 Å². The van der Waals surface area contributed by atoms with E-state index in [0.29, 0.717) is 0 Å². The second kappa shape index (κ2) is 44.9. The molecule has 0 saturated heterocycles. The van der Waals surface area contributed by atoms with Gasteiger partial charge in [0.25, 0.3) is 0 Å². The lowest BCUT2D eigenvalue weighted by molar-refractivity contribution is 0.117. The van der Waals surface area contributed by atoms with Crippen LogP contribution in [0.15, 0.2) is 0 Å². The van der Waals surface area contributed by atoms with Gasteiger partial charge in [-0.2, -0.15) is 0 Å². The monoisotopic (exact) mass is 651 g/mol. The average molecular weight is 651 g/mol. The predicted molar refractivity (Wildman–Crippen MR) is 208 cm³/mol. The topological polar surface area (TPSA) is 18.5 Å². The molecule has 0 aromatic heterocycles. The predicted octanol–water partition coefficient (Wildman–Crippen LogP) is 15.9. The van der Waals surface area contributed by atoms with Crippen molar-refractivity contribution in [2.24, 2.45) is 0 Å². The molecule has 278 valence electrons. The van der Waals surface area contributed by atoms with Crippen molar-refractivity contribution < 1.29 is 9.47 Å². The van der Waals surface area contributed by atoms with E-state index in [-0.39, 0.29) is 0 Å². The van der Waals surface area contributed by atoms with Crippen LogP contribution in [-0.4, -0.2) is 26.4 Å². The Morgan fingerprint density at radius 1 is 0.174 bits per heavy atom. The molecule has 0 unspecified atom stereocenters. The van der Waals surface area contributed by atoms with Gasteiger partial charge in [0.1, 0.15) is 0 Å². The SMILES string of the molecule is CCCCCCCCCCCCCCCCCCCOCCCCCCOCCCCCCCCCCCCCCCCCCC. The Kier molecular flexibility index (Phi) is 44.8. The highest BCUT2D eigenvalue weighted by Crippen LogP contribution is 2.16. The molecule has 0 N–H and O–H groups in total. The van der Waals surface area contributed by atoms with Gasteiger partial charge in [-0.3, -0.25) is 0 Å². The van der Waals surface area contributed by atoms with Crippen LogP contribution < -0.4 is 0 Å². The Bertz CT molecular complexity index is 448. The molecular weight excluding hydrogens is 560 g/mol. The van der Waals surface area contributed by atoms with Gasteiger partial charge in [-0.1, -0.05) is 232 Å². The maximum Gasteiger partial charge on any atom is 0.0466 e. The van der Waals surface area contributed by atoms with E-state index in [1.165, 1.54) is 244 Å². The Morgan fingerprint density at radius 2 is 0.304 bits per heavy atom. The molecule has 2 heteroatoms. The number of hydrogen-bond donors (Lipinski definition) is 0. The summed E-state index contributed by atoms with van der Waals surface area (Å²) in [7, 11) is 0. The number of rotatable bonds is 43. The molecule has 46 heavy (non-hydrogen) atoms. The highest BCUT2D eigenvalue weighted by molar-refractivity contribution is 4.52. The summed E-state index contributed by atoms with van der Waals surface area (Å²) in [5, 5.41) is 0. The molecule has 0 aliphatic rings. The Labute approximate surface area is 293 Å². The Hall–Kier alpha value is -0.0800. The highest BCUT2D eigenvalue weighted by Gasteiger charge is 1.98. The molecule has 0 aromatic rings. The lowest BCUT2D eigenvalue weighted by atomic mass is 10.0. The van der Waals surface area contributed by atoms with Gasteiger partial charge in [-0.05, 0) is 25.7 Å². The van der Waals surface area contributed by atoms with E-state index in [1.807, 2.05) is 0 Å². The van der Waals surface area contributed by atoms with Crippen molar-refractivity contribution in [2.45, 2.75) is 258 Å². The fourth-order valence-corrected chi connectivity index (χ4v) is 6.82. The lowest BCUT2D eigenvalue weighted by Crippen LogP contribution is -1.99. The Balaban J connectivity index is 3.03. The van der Waals surface area contributed by atoms with E-state index in [1.54, 1.807) is 0 Å². The molecule has 0 heterocycles. The molecule has 0 aromatic carbocycles. The molecule has 0 spiro atoms. The summed E-state index contributed by atoms with van der Waals surface area (Å²) in [4.78, 5) is 0. The van der Waals surface area contributed by atoms with Crippen molar-refractivity contribution in [1.29, 1.82) is 0 Å². The number of hydrogen-bond acceptors (Lipinski definition) is 2. The summed E-state index contributed by atoms with van der Waals surface area (Å²) in [6, 6.07) is 0. The fraction of sp³-hybridized carbons (Fsp3) is 1.00. The summed E-state index contributed by atoms with van der Waals surface area (Å²) >= 11 is 0. The van der Waals surface area contributed by atoms with Gasteiger partial charge in [0, 0.05) is 26.4 Å². The molecule has 0 bridgehead atoms. The van der Waals surface area contributed by atoms with Crippen molar-refractivity contribution in [1.82, 2.24) is 0 Å². The van der Waals surface area contributed by atoms with Crippen LogP contribution in [0.5, 0.6) is 0 Å². The van der Waals surface area contributed by atoms with Crippen molar-refractivity contribution >= 4 is 0 Å². The first kappa shape index (κ1) is 45.9. The molecule has 0 atom stereocenters. The van der Waals surface area contributed by atoms with Crippen LogP contribution in [0.1, 0.15) is 258 Å². The van der Waals surface area contributed by atoms with Crippen LogP contribution >= 0.6 is 0 Å². The molecule has 0 aliphatic heterocycles. The fourth-order valence-electron chi connectivity index (χ4n) is 6.82. The molecule has 0 amide bonds. The zero-order valence-corrected chi connectivity index (χ0v) is 32.5. The molecule has 0 aliphatic carbocycles. The van der Waals surface area contributed by atoms with E-state index in [2.05, 4.69) is 13.8 Å². The molecule has 0 fully saturated rings. The third kappa shape index (κ3) is 43.9.